The quantitative estimate of drug-likeness (QED) is 0.102. The molecule has 0 radical (unpaired) electrons. The maximum atomic E-state index is 12.9. The van der Waals surface area contributed by atoms with Gasteiger partial charge in [0.05, 0.1) is 18.9 Å². The molecule has 0 fully saturated rings. The van der Waals surface area contributed by atoms with Crippen LogP contribution in [0.4, 0.5) is 34.1 Å². The van der Waals surface area contributed by atoms with Gasteiger partial charge in [-0.15, -0.1) is 0 Å². The van der Waals surface area contributed by atoms with Crippen LogP contribution in [-0.4, -0.2) is 66.0 Å². The van der Waals surface area contributed by atoms with Gasteiger partial charge in [0, 0.05) is 43.5 Å². The van der Waals surface area contributed by atoms with Crippen LogP contribution in [0.15, 0.2) is 89.8 Å². The van der Waals surface area contributed by atoms with Gasteiger partial charge in [-0.2, -0.15) is 13.2 Å². The number of anilines is 2. The number of alkyl halides is 3. The fourth-order valence-electron chi connectivity index (χ4n) is 4.87. The molecule has 0 spiro atoms. The number of rotatable bonds is 14. The molecule has 3 amide bonds. The van der Waals surface area contributed by atoms with Crippen LogP contribution in [0, 0.1) is 5.92 Å². The standard InChI is InChI=1S/C34H41N5O5.C2HF3O2/c1-5-39(22-24(2)3)17-16-30(26-11-7-6-8-12-26)44-34(41)36-20-25-10-9-13-27(18-25)37-33(40)38-28-14-15-29(31(19-28)42-4)32-21-35-23-43-32;3-2(4,5)1(6)7/h6-15,18-19,21,23-24,30H,5,16-17,20,22H2,1-4H3,(H,36,41)(H2,37,38,40);(H,6,7). The number of aliphatic carboxylic acids is 1. The maximum Gasteiger partial charge on any atom is 0.490 e. The van der Waals surface area contributed by atoms with E-state index in [1.165, 1.54) is 6.39 Å². The Kier molecular flexibility index (Phi) is 15.3. The summed E-state index contributed by atoms with van der Waals surface area (Å²) >= 11 is 0. The van der Waals surface area contributed by atoms with E-state index >= 15 is 0 Å². The average Bonchev–Trinajstić information content (AvgIpc) is 3.63. The first-order valence-corrected chi connectivity index (χ1v) is 16.0. The minimum Gasteiger partial charge on any atom is -0.496 e. The van der Waals surface area contributed by atoms with Crippen LogP contribution >= 0.6 is 0 Å². The average molecular weight is 714 g/mol. The number of oxazole rings is 1. The molecule has 1 aromatic heterocycles. The number of hydrogen-bond acceptors (Lipinski definition) is 8. The molecular formula is C36H42F3N5O7. The van der Waals surface area contributed by atoms with Gasteiger partial charge in [-0.1, -0.05) is 63.2 Å². The number of nitrogens with one attached hydrogen (secondary N) is 3. The maximum absolute atomic E-state index is 12.9. The molecule has 12 nitrogen and oxygen atoms in total. The number of aromatic nitrogens is 1. The second-order valence-corrected chi connectivity index (χ2v) is 11.6. The molecule has 3 aromatic carbocycles. The lowest BCUT2D eigenvalue weighted by atomic mass is 10.1. The number of urea groups is 1. The second-order valence-electron chi connectivity index (χ2n) is 11.6. The fourth-order valence-corrected chi connectivity index (χ4v) is 4.87. The third kappa shape index (κ3) is 13.7. The van der Waals surface area contributed by atoms with Crippen molar-refractivity contribution in [3.8, 4) is 17.1 Å². The Labute approximate surface area is 294 Å². The number of methoxy groups -OCH3 is 1. The van der Waals surface area contributed by atoms with Gasteiger partial charge in [-0.05, 0) is 47.9 Å². The van der Waals surface area contributed by atoms with E-state index in [2.05, 4.69) is 46.6 Å². The van der Waals surface area contributed by atoms with Crippen LogP contribution in [0.25, 0.3) is 11.3 Å². The lowest BCUT2D eigenvalue weighted by Gasteiger charge is -2.25. The normalized spacial score (nSPS) is 11.6. The van der Waals surface area contributed by atoms with Crippen LogP contribution in [-0.2, 0) is 16.1 Å². The van der Waals surface area contributed by atoms with Gasteiger partial charge in [0.2, 0.25) is 0 Å². The first-order chi connectivity index (χ1) is 24.3. The number of alkyl carbamates (subject to hydrolysis) is 1. The van der Waals surface area contributed by atoms with E-state index in [0.29, 0.717) is 35.2 Å². The number of carbonyl (C=O) groups excluding carboxylic acids is 2. The number of benzene rings is 3. The molecule has 1 unspecified atom stereocenters. The summed E-state index contributed by atoms with van der Waals surface area (Å²) in [6.07, 6.45) is -2.31. The van der Waals surface area contributed by atoms with E-state index in [-0.39, 0.29) is 12.6 Å². The van der Waals surface area contributed by atoms with E-state index in [0.717, 1.165) is 36.3 Å². The minimum absolute atomic E-state index is 0.242. The minimum atomic E-state index is -5.08. The zero-order valence-electron chi connectivity index (χ0n) is 28.7. The summed E-state index contributed by atoms with van der Waals surface area (Å²) in [6.45, 7) is 9.57. The molecule has 0 aliphatic heterocycles. The highest BCUT2D eigenvalue weighted by molar-refractivity contribution is 6.00. The van der Waals surface area contributed by atoms with Gasteiger partial charge in [-0.25, -0.2) is 19.4 Å². The van der Waals surface area contributed by atoms with Crippen LogP contribution in [0.5, 0.6) is 5.75 Å². The van der Waals surface area contributed by atoms with Crippen LogP contribution < -0.4 is 20.7 Å². The molecule has 274 valence electrons. The van der Waals surface area contributed by atoms with Gasteiger partial charge < -0.3 is 39.8 Å². The lowest BCUT2D eigenvalue weighted by Crippen LogP contribution is -2.31. The Morgan fingerprint density at radius 1 is 0.980 bits per heavy atom. The molecular weight excluding hydrogens is 671 g/mol. The number of carboxylic acid groups (broad SMARTS) is 1. The van der Waals surface area contributed by atoms with Gasteiger partial charge >= 0.3 is 24.3 Å². The molecule has 51 heavy (non-hydrogen) atoms. The van der Waals surface area contributed by atoms with Crippen molar-refractivity contribution in [2.75, 3.05) is 37.4 Å². The number of nitrogens with zero attached hydrogens (tertiary/aromatic N) is 2. The van der Waals surface area contributed by atoms with Crippen molar-refractivity contribution in [3.63, 3.8) is 0 Å². The molecule has 0 bridgehead atoms. The third-order valence-corrected chi connectivity index (χ3v) is 7.22. The van der Waals surface area contributed by atoms with E-state index in [1.54, 1.807) is 43.6 Å². The second kappa shape index (κ2) is 19.6. The Hall–Kier alpha value is -5.57. The Morgan fingerprint density at radius 3 is 2.25 bits per heavy atom. The van der Waals surface area contributed by atoms with Gasteiger partial charge in [0.1, 0.15) is 11.9 Å². The van der Waals surface area contributed by atoms with E-state index in [4.69, 9.17) is 23.8 Å². The molecule has 1 atom stereocenters. The number of ether oxygens (including phenoxy) is 2. The highest BCUT2D eigenvalue weighted by atomic mass is 19.4. The van der Waals surface area contributed by atoms with Crippen molar-refractivity contribution in [1.29, 1.82) is 0 Å². The third-order valence-electron chi connectivity index (χ3n) is 7.22. The number of carboxylic acids is 1. The first kappa shape index (κ1) is 39.9. The summed E-state index contributed by atoms with van der Waals surface area (Å²) < 4.78 is 48.4. The van der Waals surface area contributed by atoms with E-state index in [9.17, 15) is 22.8 Å². The molecule has 15 heteroatoms. The summed E-state index contributed by atoms with van der Waals surface area (Å²) in [6, 6.07) is 21.9. The van der Waals surface area contributed by atoms with Crippen LogP contribution in [0.2, 0.25) is 0 Å². The van der Waals surface area contributed by atoms with Crippen LogP contribution in [0.3, 0.4) is 0 Å². The largest absolute Gasteiger partial charge is 0.496 e. The predicted molar refractivity (Wildman–Crippen MR) is 185 cm³/mol. The molecule has 0 saturated carbocycles. The Bertz CT molecular complexity index is 1690. The van der Waals surface area contributed by atoms with Gasteiger partial charge in [0.15, 0.2) is 12.2 Å². The highest BCUT2D eigenvalue weighted by Gasteiger charge is 2.38. The molecule has 4 rings (SSSR count). The molecule has 0 aliphatic rings. The fraction of sp³-hybridized carbons (Fsp3) is 0.333. The first-order valence-electron chi connectivity index (χ1n) is 16.0. The Balaban J connectivity index is 0.000000908. The van der Waals surface area contributed by atoms with Gasteiger partial charge in [-0.3, -0.25) is 0 Å². The monoisotopic (exact) mass is 713 g/mol. The summed E-state index contributed by atoms with van der Waals surface area (Å²) in [5.41, 5.74) is 3.61. The van der Waals surface area contributed by atoms with Crippen molar-refractivity contribution in [1.82, 2.24) is 15.2 Å². The van der Waals surface area contributed by atoms with Crippen molar-refractivity contribution in [3.05, 3.63) is 96.5 Å². The molecule has 4 aromatic rings. The molecule has 0 saturated heterocycles. The summed E-state index contributed by atoms with van der Waals surface area (Å²) in [4.78, 5) is 40.8. The van der Waals surface area contributed by atoms with Crippen molar-refractivity contribution < 1.29 is 46.6 Å². The van der Waals surface area contributed by atoms with Gasteiger partial charge in [0.25, 0.3) is 0 Å². The lowest BCUT2D eigenvalue weighted by molar-refractivity contribution is -0.192. The number of carbonyl (C=O) groups is 3. The molecule has 4 N–H and O–H groups in total. The van der Waals surface area contributed by atoms with Crippen molar-refractivity contribution in [2.45, 2.75) is 46.0 Å². The summed E-state index contributed by atoms with van der Waals surface area (Å²) in [7, 11) is 1.55. The summed E-state index contributed by atoms with van der Waals surface area (Å²) in [5.74, 6) is -1.10. The molecule has 0 aliphatic carbocycles. The van der Waals surface area contributed by atoms with Crippen LogP contribution in [0.1, 0.15) is 44.4 Å². The number of halogens is 3. The van der Waals surface area contributed by atoms with E-state index in [1.807, 2.05) is 42.5 Å². The zero-order chi connectivity index (χ0) is 37.4. The van der Waals surface area contributed by atoms with Crippen molar-refractivity contribution in [2.24, 2.45) is 5.92 Å². The predicted octanol–water partition coefficient (Wildman–Crippen LogP) is 7.96. The molecule has 1 heterocycles. The van der Waals surface area contributed by atoms with E-state index < -0.39 is 24.3 Å². The number of hydrogen-bond donors (Lipinski definition) is 4. The Morgan fingerprint density at radius 2 is 1.67 bits per heavy atom. The summed E-state index contributed by atoms with van der Waals surface area (Å²) in [5, 5.41) is 15.6. The smallest absolute Gasteiger partial charge is 0.490 e. The zero-order valence-corrected chi connectivity index (χ0v) is 28.7. The highest BCUT2D eigenvalue weighted by Crippen LogP contribution is 2.32. The van der Waals surface area contributed by atoms with Crippen molar-refractivity contribution >= 4 is 29.5 Å². The number of amides is 3. The topological polar surface area (TPSA) is 155 Å². The SMILES string of the molecule is CCN(CCC(OC(=O)NCc1cccc(NC(=O)Nc2ccc(-c3cnco3)c(OC)c2)c1)c1ccccc1)CC(C)C.O=C(O)C(F)(F)F.